The number of aromatic nitrogens is 1. The van der Waals surface area contributed by atoms with Gasteiger partial charge in [0.2, 0.25) is 5.89 Å². The molecule has 3 aromatic carbocycles. The maximum absolute atomic E-state index is 12.4. The van der Waals surface area contributed by atoms with Gasteiger partial charge in [-0.05, 0) is 98.2 Å². The molecule has 0 saturated carbocycles. The Balaban J connectivity index is 1.54. The first kappa shape index (κ1) is 21.0. The highest BCUT2D eigenvalue weighted by atomic mass is 35.5. The van der Waals surface area contributed by atoms with Crippen LogP contribution < -0.4 is 10.6 Å². The molecule has 0 aliphatic carbocycles. The number of rotatable bonds is 3. The van der Waals surface area contributed by atoms with Gasteiger partial charge in [0.1, 0.15) is 5.52 Å². The molecule has 5 nitrogen and oxygen atoms in total. The standard InChI is InChI=1S/C24H20ClN3O2S/c1-13-4-5-17(23-26-20-10-14(2)15(3)11-21(20)30-23)12-19(13)27-24(31)28-22(29)16-6-8-18(25)9-7-16/h4-12H,1-3H3,(H2,27,28,29,31). The van der Waals surface area contributed by atoms with E-state index in [0.29, 0.717) is 16.5 Å². The number of anilines is 1. The van der Waals surface area contributed by atoms with E-state index < -0.39 is 0 Å². The molecule has 0 saturated heterocycles. The van der Waals surface area contributed by atoms with Gasteiger partial charge in [0.05, 0.1) is 0 Å². The predicted octanol–water partition coefficient (Wildman–Crippen LogP) is 6.20. The molecule has 0 atom stereocenters. The summed E-state index contributed by atoms with van der Waals surface area (Å²) in [6.45, 7) is 6.05. The van der Waals surface area contributed by atoms with Crippen molar-refractivity contribution < 1.29 is 9.21 Å². The number of fused-ring (bicyclic) bond motifs is 1. The minimum atomic E-state index is -0.312. The van der Waals surface area contributed by atoms with Crippen molar-refractivity contribution in [3.63, 3.8) is 0 Å². The second-order valence-corrected chi connectivity index (χ2v) is 8.21. The Morgan fingerprint density at radius 1 is 0.968 bits per heavy atom. The Kier molecular flexibility index (Phi) is 5.76. The summed E-state index contributed by atoms with van der Waals surface area (Å²) in [6.07, 6.45) is 0. The van der Waals surface area contributed by atoms with Gasteiger partial charge in [-0.25, -0.2) is 4.98 Å². The summed E-state index contributed by atoms with van der Waals surface area (Å²) in [5.74, 6) is 0.215. The Morgan fingerprint density at radius 3 is 2.42 bits per heavy atom. The number of benzene rings is 3. The van der Waals surface area contributed by atoms with Crippen molar-refractivity contribution in [1.29, 1.82) is 0 Å². The van der Waals surface area contributed by atoms with E-state index in [-0.39, 0.29) is 11.0 Å². The smallest absolute Gasteiger partial charge is 0.257 e. The lowest BCUT2D eigenvalue weighted by Gasteiger charge is -2.12. The van der Waals surface area contributed by atoms with Gasteiger partial charge < -0.3 is 9.73 Å². The quantitative estimate of drug-likeness (QED) is 0.364. The topological polar surface area (TPSA) is 67.2 Å². The summed E-state index contributed by atoms with van der Waals surface area (Å²) >= 11 is 11.2. The number of aryl methyl sites for hydroxylation is 3. The number of nitrogens with zero attached hydrogens (tertiary/aromatic N) is 1. The number of hydrogen-bond donors (Lipinski definition) is 2. The number of carbonyl (C=O) groups excluding carboxylic acids is 1. The first-order chi connectivity index (χ1) is 14.8. The highest BCUT2D eigenvalue weighted by Crippen LogP contribution is 2.29. The maximum Gasteiger partial charge on any atom is 0.257 e. The van der Waals surface area contributed by atoms with E-state index in [9.17, 15) is 4.79 Å². The molecule has 0 spiro atoms. The molecule has 4 rings (SSSR count). The average Bonchev–Trinajstić information content (AvgIpc) is 3.13. The second kappa shape index (κ2) is 8.49. The molecule has 2 N–H and O–H groups in total. The summed E-state index contributed by atoms with van der Waals surface area (Å²) in [4.78, 5) is 17.0. The lowest BCUT2D eigenvalue weighted by Crippen LogP contribution is -2.34. The fourth-order valence-corrected chi connectivity index (χ4v) is 3.45. The van der Waals surface area contributed by atoms with Crippen LogP contribution in [0, 0.1) is 20.8 Å². The third-order valence-electron chi connectivity index (χ3n) is 5.07. The highest BCUT2D eigenvalue weighted by molar-refractivity contribution is 7.80. The molecule has 156 valence electrons. The van der Waals surface area contributed by atoms with Crippen molar-refractivity contribution in [2.75, 3.05) is 5.32 Å². The normalized spacial score (nSPS) is 10.8. The van der Waals surface area contributed by atoms with Crippen LogP contribution in [-0.2, 0) is 0 Å². The third kappa shape index (κ3) is 4.60. The largest absolute Gasteiger partial charge is 0.436 e. The van der Waals surface area contributed by atoms with Crippen LogP contribution in [0.25, 0.3) is 22.6 Å². The number of carbonyl (C=O) groups is 1. The average molecular weight is 450 g/mol. The number of amides is 1. The van der Waals surface area contributed by atoms with Crippen LogP contribution in [0.1, 0.15) is 27.0 Å². The summed E-state index contributed by atoms with van der Waals surface area (Å²) in [5.41, 5.74) is 6.90. The molecule has 0 radical (unpaired) electrons. The van der Waals surface area contributed by atoms with Crippen LogP contribution in [0.4, 0.5) is 5.69 Å². The molecule has 0 unspecified atom stereocenters. The maximum atomic E-state index is 12.4. The number of halogens is 1. The molecular weight excluding hydrogens is 430 g/mol. The van der Waals surface area contributed by atoms with Gasteiger partial charge in [-0.1, -0.05) is 17.7 Å². The number of oxazole rings is 1. The molecule has 4 aromatic rings. The molecule has 0 aliphatic heterocycles. The van der Waals surface area contributed by atoms with Gasteiger partial charge in [-0.2, -0.15) is 0 Å². The number of hydrogen-bond acceptors (Lipinski definition) is 4. The monoisotopic (exact) mass is 449 g/mol. The van der Waals surface area contributed by atoms with E-state index in [4.69, 9.17) is 28.2 Å². The summed E-state index contributed by atoms with van der Waals surface area (Å²) in [6, 6.07) is 16.4. The molecule has 7 heteroatoms. The van der Waals surface area contributed by atoms with E-state index >= 15 is 0 Å². The van der Waals surface area contributed by atoms with Gasteiger partial charge in [-0.3, -0.25) is 10.1 Å². The third-order valence-corrected chi connectivity index (χ3v) is 5.53. The van der Waals surface area contributed by atoms with E-state index in [2.05, 4.69) is 22.5 Å². The number of nitrogens with one attached hydrogen (secondary N) is 2. The minimum absolute atomic E-state index is 0.198. The molecular formula is C24H20ClN3O2S. The zero-order valence-corrected chi connectivity index (χ0v) is 18.8. The van der Waals surface area contributed by atoms with Crippen molar-refractivity contribution in [3.05, 3.63) is 81.9 Å². The zero-order valence-electron chi connectivity index (χ0n) is 17.2. The van der Waals surface area contributed by atoms with E-state index in [1.165, 1.54) is 5.56 Å². The van der Waals surface area contributed by atoms with Gasteiger partial charge in [-0.15, -0.1) is 0 Å². The fraction of sp³-hybridized carbons (Fsp3) is 0.125. The summed E-state index contributed by atoms with van der Waals surface area (Å²) < 4.78 is 5.97. The van der Waals surface area contributed by atoms with Gasteiger partial charge in [0.15, 0.2) is 10.7 Å². The molecule has 31 heavy (non-hydrogen) atoms. The Labute approximate surface area is 190 Å². The Morgan fingerprint density at radius 2 is 1.68 bits per heavy atom. The molecule has 1 heterocycles. The van der Waals surface area contributed by atoms with Crippen LogP contribution in [0.2, 0.25) is 5.02 Å². The lowest BCUT2D eigenvalue weighted by molar-refractivity contribution is 0.0977. The molecule has 0 bridgehead atoms. The predicted molar refractivity (Wildman–Crippen MR) is 129 cm³/mol. The van der Waals surface area contributed by atoms with Crippen LogP contribution in [0.3, 0.4) is 0 Å². The van der Waals surface area contributed by atoms with Crippen LogP contribution in [-0.4, -0.2) is 16.0 Å². The summed E-state index contributed by atoms with van der Waals surface area (Å²) in [5, 5.41) is 6.53. The van der Waals surface area contributed by atoms with E-state index in [0.717, 1.165) is 33.5 Å². The van der Waals surface area contributed by atoms with Crippen LogP contribution >= 0.6 is 23.8 Å². The number of thiocarbonyl (C=S) groups is 1. The van der Waals surface area contributed by atoms with Crippen molar-refractivity contribution >= 4 is 51.6 Å². The van der Waals surface area contributed by atoms with Crippen LogP contribution in [0.15, 0.2) is 59.0 Å². The lowest BCUT2D eigenvalue weighted by atomic mass is 10.1. The van der Waals surface area contributed by atoms with Gasteiger partial charge >= 0.3 is 0 Å². The first-order valence-corrected chi connectivity index (χ1v) is 10.5. The van der Waals surface area contributed by atoms with Gasteiger partial charge in [0, 0.05) is 21.8 Å². The first-order valence-electron chi connectivity index (χ1n) is 9.67. The summed E-state index contributed by atoms with van der Waals surface area (Å²) in [7, 11) is 0. The van der Waals surface area contributed by atoms with E-state index in [1.807, 2.05) is 44.2 Å². The SMILES string of the molecule is Cc1cc2nc(-c3ccc(C)c(NC(=S)NC(=O)c4ccc(Cl)cc4)c3)oc2cc1C. The van der Waals surface area contributed by atoms with E-state index in [1.54, 1.807) is 24.3 Å². The Hall–Kier alpha value is -3.22. The molecule has 0 aliphatic rings. The highest BCUT2D eigenvalue weighted by Gasteiger charge is 2.13. The van der Waals surface area contributed by atoms with Crippen molar-refractivity contribution in [3.8, 4) is 11.5 Å². The Bertz CT molecular complexity index is 1270. The van der Waals surface area contributed by atoms with Crippen molar-refractivity contribution in [2.45, 2.75) is 20.8 Å². The fourth-order valence-electron chi connectivity index (χ4n) is 3.12. The molecule has 1 aromatic heterocycles. The van der Waals surface area contributed by atoms with Crippen LogP contribution in [0.5, 0.6) is 0 Å². The van der Waals surface area contributed by atoms with Crippen molar-refractivity contribution in [2.24, 2.45) is 0 Å². The molecule has 0 fully saturated rings. The zero-order chi connectivity index (χ0) is 22.1. The second-order valence-electron chi connectivity index (χ2n) is 7.37. The van der Waals surface area contributed by atoms with Crippen molar-refractivity contribution in [1.82, 2.24) is 10.3 Å². The van der Waals surface area contributed by atoms with Gasteiger partial charge in [0.25, 0.3) is 5.91 Å². The molecule has 1 amide bonds. The minimum Gasteiger partial charge on any atom is -0.436 e.